The highest BCUT2D eigenvalue weighted by Crippen LogP contribution is 2.36. The number of methoxy groups -OCH3 is 1. The summed E-state index contributed by atoms with van der Waals surface area (Å²) in [7, 11) is -2.70. The Kier molecular flexibility index (Phi) is 10.7. The zero-order valence-corrected chi connectivity index (χ0v) is 27.5. The molecule has 2 amide bonds. The lowest BCUT2D eigenvalue weighted by Crippen LogP contribution is -2.54. The first-order valence-electron chi connectivity index (χ1n) is 15.4. The van der Waals surface area contributed by atoms with Crippen molar-refractivity contribution < 1.29 is 32.2 Å². The minimum absolute atomic E-state index is 0.0143. The molecular formula is C36H39N3O7S. The molecule has 47 heavy (non-hydrogen) atoms. The standard InChI is InChI=1S/C36H39N3O7S/c1-26(2)37-36(41)32(22-27-11-6-4-7-12-27)38(24-28-13-10-14-30(21-28)44-3)35(40)25-39(47(42,43)31-15-8-5-9-16-31)29-17-18-33-34(23-29)46-20-19-45-33/h4-18,21,23,26,32H,19-20,22,24-25H2,1-3H3,(H,37,41)/t32-/m1/s1. The molecule has 1 N–H and O–H groups in total. The first kappa shape index (κ1) is 33.3. The second kappa shape index (κ2) is 15.0. The van der Waals surface area contributed by atoms with Crippen molar-refractivity contribution in [3.63, 3.8) is 0 Å². The molecule has 1 aliphatic rings. The molecule has 5 rings (SSSR count). The predicted octanol–water partition coefficient (Wildman–Crippen LogP) is 4.83. The zero-order chi connectivity index (χ0) is 33.4. The van der Waals surface area contributed by atoms with Gasteiger partial charge in [0.05, 0.1) is 17.7 Å². The number of ether oxygens (including phenoxy) is 3. The molecule has 1 aliphatic heterocycles. The van der Waals surface area contributed by atoms with Crippen LogP contribution in [0.25, 0.3) is 0 Å². The maximum absolute atomic E-state index is 14.6. The van der Waals surface area contributed by atoms with Gasteiger partial charge in [-0.1, -0.05) is 60.7 Å². The van der Waals surface area contributed by atoms with Gasteiger partial charge in [0.25, 0.3) is 10.0 Å². The number of hydrogen-bond donors (Lipinski definition) is 1. The fourth-order valence-corrected chi connectivity index (χ4v) is 6.76. The van der Waals surface area contributed by atoms with E-state index in [-0.39, 0.29) is 35.5 Å². The van der Waals surface area contributed by atoms with Gasteiger partial charge in [0, 0.05) is 25.1 Å². The number of rotatable bonds is 13. The molecule has 0 radical (unpaired) electrons. The summed E-state index contributed by atoms with van der Waals surface area (Å²) < 4.78 is 46.3. The first-order valence-corrected chi connectivity index (χ1v) is 16.8. The summed E-state index contributed by atoms with van der Waals surface area (Å²) in [5.41, 5.74) is 1.78. The van der Waals surface area contributed by atoms with Crippen LogP contribution in [0.5, 0.6) is 17.2 Å². The number of fused-ring (bicyclic) bond motifs is 1. The number of anilines is 1. The average molecular weight is 658 g/mol. The van der Waals surface area contributed by atoms with Crippen LogP contribution in [0.4, 0.5) is 5.69 Å². The zero-order valence-electron chi connectivity index (χ0n) is 26.7. The fourth-order valence-electron chi connectivity index (χ4n) is 5.34. The van der Waals surface area contributed by atoms with Crippen LogP contribution in [0.1, 0.15) is 25.0 Å². The summed E-state index contributed by atoms with van der Waals surface area (Å²) in [6.07, 6.45) is 0.213. The molecule has 1 atom stereocenters. The van der Waals surface area contributed by atoms with E-state index in [1.807, 2.05) is 50.2 Å². The van der Waals surface area contributed by atoms with Gasteiger partial charge < -0.3 is 24.4 Å². The molecule has 0 saturated heterocycles. The van der Waals surface area contributed by atoms with Crippen LogP contribution < -0.4 is 23.8 Å². The lowest BCUT2D eigenvalue weighted by Gasteiger charge is -2.34. The molecule has 0 bridgehead atoms. The van der Waals surface area contributed by atoms with Crippen molar-refractivity contribution in [3.8, 4) is 17.2 Å². The van der Waals surface area contributed by atoms with Crippen molar-refractivity contribution in [1.82, 2.24) is 10.2 Å². The van der Waals surface area contributed by atoms with Crippen LogP contribution in [-0.2, 0) is 32.6 Å². The highest BCUT2D eigenvalue weighted by Gasteiger charge is 2.35. The number of amides is 2. The normalized spacial score (nSPS) is 13.0. The van der Waals surface area contributed by atoms with Gasteiger partial charge in [-0.15, -0.1) is 0 Å². The Balaban J connectivity index is 1.59. The molecule has 4 aromatic carbocycles. The minimum Gasteiger partial charge on any atom is -0.497 e. The molecule has 1 heterocycles. The highest BCUT2D eigenvalue weighted by atomic mass is 32.2. The van der Waals surface area contributed by atoms with E-state index in [0.717, 1.165) is 9.87 Å². The number of benzene rings is 4. The minimum atomic E-state index is -4.25. The average Bonchev–Trinajstić information content (AvgIpc) is 3.09. The number of nitrogens with one attached hydrogen (secondary N) is 1. The second-order valence-corrected chi connectivity index (χ2v) is 13.3. The van der Waals surface area contributed by atoms with Gasteiger partial charge in [0.15, 0.2) is 11.5 Å². The van der Waals surface area contributed by atoms with Crippen molar-refractivity contribution in [2.75, 3.05) is 31.2 Å². The van der Waals surface area contributed by atoms with Crippen LogP contribution >= 0.6 is 0 Å². The molecule has 11 heteroatoms. The van der Waals surface area contributed by atoms with E-state index >= 15 is 0 Å². The van der Waals surface area contributed by atoms with Crippen molar-refractivity contribution >= 4 is 27.5 Å². The predicted molar refractivity (Wildman–Crippen MR) is 179 cm³/mol. The van der Waals surface area contributed by atoms with Gasteiger partial charge in [-0.3, -0.25) is 13.9 Å². The third-order valence-electron chi connectivity index (χ3n) is 7.61. The molecule has 0 aliphatic carbocycles. The van der Waals surface area contributed by atoms with Gasteiger partial charge in [0.2, 0.25) is 11.8 Å². The molecule has 0 saturated carbocycles. The summed E-state index contributed by atoms with van der Waals surface area (Å²) in [5, 5.41) is 2.96. The van der Waals surface area contributed by atoms with Gasteiger partial charge in [-0.2, -0.15) is 0 Å². The Bertz CT molecular complexity index is 1780. The maximum Gasteiger partial charge on any atom is 0.264 e. The maximum atomic E-state index is 14.6. The van der Waals surface area contributed by atoms with Gasteiger partial charge in [-0.25, -0.2) is 8.42 Å². The Morgan fingerprint density at radius 2 is 1.49 bits per heavy atom. The lowest BCUT2D eigenvalue weighted by atomic mass is 10.0. The van der Waals surface area contributed by atoms with Crippen LogP contribution in [0.2, 0.25) is 0 Å². The van der Waals surface area contributed by atoms with E-state index in [2.05, 4.69) is 5.32 Å². The number of carbonyl (C=O) groups is 2. The van der Waals surface area contributed by atoms with E-state index in [9.17, 15) is 18.0 Å². The molecule has 246 valence electrons. The quantitative estimate of drug-likeness (QED) is 0.219. The Morgan fingerprint density at radius 1 is 0.830 bits per heavy atom. The largest absolute Gasteiger partial charge is 0.497 e. The Labute approximate surface area is 275 Å². The number of nitrogens with zero attached hydrogens (tertiary/aromatic N) is 2. The van der Waals surface area contributed by atoms with E-state index < -0.39 is 28.5 Å². The van der Waals surface area contributed by atoms with Crippen LogP contribution in [0, 0.1) is 0 Å². The molecule has 0 aromatic heterocycles. The first-order chi connectivity index (χ1) is 22.7. The van der Waals surface area contributed by atoms with Crippen LogP contribution in [0.3, 0.4) is 0 Å². The summed E-state index contributed by atoms with van der Waals surface area (Å²) >= 11 is 0. The molecule has 0 unspecified atom stereocenters. The lowest BCUT2D eigenvalue weighted by molar-refractivity contribution is -0.140. The topological polar surface area (TPSA) is 114 Å². The third-order valence-corrected chi connectivity index (χ3v) is 9.40. The number of sulfonamides is 1. The SMILES string of the molecule is COc1cccc(CN(C(=O)CN(c2ccc3c(c2)OCCO3)S(=O)(=O)c2ccccc2)[C@H](Cc2ccccc2)C(=O)NC(C)C)c1. The number of hydrogen-bond acceptors (Lipinski definition) is 7. The Hall–Kier alpha value is -5.03. The molecule has 0 spiro atoms. The summed E-state index contributed by atoms with van der Waals surface area (Å²) in [4.78, 5) is 30.0. The monoisotopic (exact) mass is 657 g/mol. The summed E-state index contributed by atoms with van der Waals surface area (Å²) in [5.74, 6) is 0.530. The van der Waals surface area contributed by atoms with Crippen LogP contribution in [-0.4, -0.2) is 64.1 Å². The van der Waals surface area contributed by atoms with Crippen molar-refractivity contribution in [2.45, 2.75) is 43.8 Å². The third kappa shape index (κ3) is 8.23. The van der Waals surface area contributed by atoms with Gasteiger partial charge >= 0.3 is 0 Å². The molecule has 4 aromatic rings. The number of carbonyl (C=O) groups excluding carboxylic acids is 2. The molecule has 10 nitrogen and oxygen atoms in total. The van der Waals surface area contributed by atoms with E-state index in [4.69, 9.17) is 14.2 Å². The molecular weight excluding hydrogens is 618 g/mol. The van der Waals surface area contributed by atoms with Crippen molar-refractivity contribution in [1.29, 1.82) is 0 Å². The van der Waals surface area contributed by atoms with Crippen LogP contribution in [0.15, 0.2) is 108 Å². The van der Waals surface area contributed by atoms with Crippen molar-refractivity contribution in [2.24, 2.45) is 0 Å². The van der Waals surface area contributed by atoms with E-state index in [1.54, 1.807) is 61.7 Å². The van der Waals surface area contributed by atoms with Gasteiger partial charge in [0.1, 0.15) is 31.5 Å². The van der Waals surface area contributed by atoms with Crippen molar-refractivity contribution in [3.05, 3.63) is 114 Å². The second-order valence-electron chi connectivity index (χ2n) is 11.4. The Morgan fingerprint density at radius 3 is 2.17 bits per heavy atom. The summed E-state index contributed by atoms with van der Waals surface area (Å²) in [6.45, 7) is 3.82. The smallest absolute Gasteiger partial charge is 0.264 e. The fraction of sp³-hybridized carbons (Fsp3) is 0.278. The molecule has 0 fully saturated rings. The van der Waals surface area contributed by atoms with Gasteiger partial charge in [-0.05, 0) is 61.4 Å². The van der Waals surface area contributed by atoms with E-state index in [0.29, 0.717) is 36.0 Å². The highest BCUT2D eigenvalue weighted by molar-refractivity contribution is 7.92. The van der Waals surface area contributed by atoms with E-state index in [1.165, 1.54) is 17.0 Å². The summed E-state index contributed by atoms with van der Waals surface area (Å²) in [6, 6.07) is 28.2.